The Morgan fingerprint density at radius 3 is 2.52 bits per heavy atom. The number of methoxy groups -OCH3 is 1. The van der Waals surface area contributed by atoms with Crippen molar-refractivity contribution in [3.05, 3.63) is 64.9 Å². The molecule has 1 atom stereocenters. The normalized spacial score (nSPS) is 16.2. The molecule has 0 spiro atoms. The zero-order valence-corrected chi connectivity index (χ0v) is 31.7. The molecule has 0 aromatic heterocycles. The van der Waals surface area contributed by atoms with Crippen molar-refractivity contribution in [1.82, 2.24) is 20.4 Å². The van der Waals surface area contributed by atoms with Crippen molar-refractivity contribution in [2.45, 2.75) is 83.5 Å². The van der Waals surface area contributed by atoms with Crippen molar-refractivity contribution in [3.63, 3.8) is 0 Å². The van der Waals surface area contributed by atoms with E-state index >= 15 is 0 Å². The first kappa shape index (κ1) is 43.8. The van der Waals surface area contributed by atoms with Crippen LogP contribution in [0.2, 0.25) is 0 Å². The molecule has 1 saturated carbocycles. The number of rotatable bonds is 20. The number of anilines is 1. The lowest BCUT2D eigenvalue weighted by Crippen LogP contribution is -2.44. The number of hydrogen-bond acceptors (Lipinski definition) is 11. The molecule has 1 aliphatic carbocycles. The van der Waals surface area contributed by atoms with Gasteiger partial charge in [0.05, 0.1) is 44.4 Å². The molecule has 7 N–H and O–H groups in total. The first-order valence-corrected chi connectivity index (χ1v) is 18.2. The topological polar surface area (TPSA) is 172 Å². The number of nitrogens with one attached hydrogen (secondary N) is 2. The lowest BCUT2D eigenvalue weighted by molar-refractivity contribution is -0.121. The predicted molar refractivity (Wildman–Crippen MR) is 208 cm³/mol. The minimum absolute atomic E-state index is 0.0903. The SMILES string of the molecule is CC.CNC(=O)CCC(C=O)N(C)Cc1c(C#CCCOCCN(CCO)C2CCC(N/C=C(\N)c3ccc(N)c(OC)c3)CC2)cccc1C=O. The van der Waals surface area contributed by atoms with E-state index in [-0.39, 0.29) is 18.9 Å². The number of hydrogen-bond donors (Lipinski definition) is 5. The number of aldehydes is 2. The molecule has 1 unspecified atom stereocenters. The van der Waals surface area contributed by atoms with Crippen LogP contribution >= 0.6 is 0 Å². The van der Waals surface area contributed by atoms with Crippen LogP contribution in [0, 0.1) is 11.8 Å². The number of benzene rings is 2. The fourth-order valence-electron chi connectivity index (χ4n) is 6.13. The van der Waals surface area contributed by atoms with Gasteiger partial charge in [-0.15, -0.1) is 0 Å². The van der Waals surface area contributed by atoms with Crippen molar-refractivity contribution in [2.24, 2.45) is 5.73 Å². The Morgan fingerprint density at radius 1 is 1.12 bits per heavy atom. The number of carbonyl (C=O) groups is 3. The van der Waals surface area contributed by atoms with Crippen LogP contribution in [0.5, 0.6) is 5.75 Å². The standard InChI is InChI=1S/C38H54N6O6.C2H6/c1-41-38(48)17-15-33(27-47)43(2)25-34-28(8-6-9-30(34)26-46)7-4-5-21-50-22-19-44(18-20-45)32-13-11-31(12-14-32)42-24-36(40)29-10-16-35(39)37(23-29)49-3;1-2/h6,8-10,16,23-24,26-27,31-33,42,45H,5,11-15,17-22,25,39-40H2,1-3H3,(H,41,48);1-2H3/b36-24-;. The van der Waals surface area contributed by atoms with Gasteiger partial charge in [0.15, 0.2) is 0 Å². The van der Waals surface area contributed by atoms with Crippen molar-refractivity contribution in [1.29, 1.82) is 0 Å². The van der Waals surface area contributed by atoms with E-state index in [4.69, 9.17) is 20.9 Å². The number of nitrogen functional groups attached to an aromatic ring is 1. The van der Waals surface area contributed by atoms with E-state index in [1.807, 2.05) is 43.1 Å². The summed E-state index contributed by atoms with van der Waals surface area (Å²) in [7, 11) is 4.95. The predicted octanol–water partition coefficient (Wildman–Crippen LogP) is 3.55. The summed E-state index contributed by atoms with van der Waals surface area (Å²) >= 11 is 0. The van der Waals surface area contributed by atoms with Crippen LogP contribution in [0.25, 0.3) is 5.70 Å². The second-order valence-corrected chi connectivity index (χ2v) is 12.5. The molecule has 0 radical (unpaired) electrons. The summed E-state index contributed by atoms with van der Waals surface area (Å²) in [6.07, 6.45) is 8.61. The van der Waals surface area contributed by atoms with Crippen LogP contribution in [-0.2, 0) is 20.9 Å². The first-order valence-electron chi connectivity index (χ1n) is 18.2. The zero-order chi connectivity index (χ0) is 38.3. The van der Waals surface area contributed by atoms with Gasteiger partial charge in [-0.25, -0.2) is 0 Å². The van der Waals surface area contributed by atoms with Gasteiger partial charge in [0, 0.05) is 74.5 Å². The highest BCUT2D eigenvalue weighted by atomic mass is 16.5. The quantitative estimate of drug-likeness (QED) is 0.0586. The molecule has 286 valence electrons. The fourth-order valence-corrected chi connectivity index (χ4v) is 6.13. The number of likely N-dealkylation sites (N-methyl/N-ethyl adjacent to an activating group) is 1. The van der Waals surface area contributed by atoms with Gasteiger partial charge in [-0.1, -0.05) is 43.9 Å². The minimum Gasteiger partial charge on any atom is -0.495 e. The number of carbonyl (C=O) groups excluding carboxylic acids is 3. The maximum atomic E-state index is 11.8. The largest absolute Gasteiger partial charge is 0.495 e. The van der Waals surface area contributed by atoms with E-state index < -0.39 is 6.04 Å². The van der Waals surface area contributed by atoms with Gasteiger partial charge in [0.2, 0.25) is 5.91 Å². The van der Waals surface area contributed by atoms with Crippen LogP contribution < -0.4 is 26.8 Å². The molecule has 2 aromatic rings. The fraction of sp³-hybridized carbons (Fsp3) is 0.525. The minimum atomic E-state index is -0.466. The van der Waals surface area contributed by atoms with Crippen LogP contribution in [0.15, 0.2) is 42.6 Å². The molecule has 3 rings (SSSR count). The van der Waals surface area contributed by atoms with Crippen molar-refractivity contribution >= 4 is 29.9 Å². The molecule has 0 aliphatic heterocycles. The molecule has 2 aromatic carbocycles. The Balaban J connectivity index is 0.00000460. The molecular formula is C40H60N6O6. The summed E-state index contributed by atoms with van der Waals surface area (Å²) in [4.78, 5) is 39.4. The number of aliphatic hydroxyl groups is 1. The van der Waals surface area contributed by atoms with E-state index in [2.05, 4.69) is 27.4 Å². The summed E-state index contributed by atoms with van der Waals surface area (Å²) in [6, 6.07) is 11.1. The van der Waals surface area contributed by atoms with Gasteiger partial charge < -0.3 is 41.5 Å². The van der Waals surface area contributed by atoms with Crippen molar-refractivity contribution in [2.75, 3.05) is 59.8 Å². The third-order valence-electron chi connectivity index (χ3n) is 9.17. The van der Waals surface area contributed by atoms with E-state index in [0.29, 0.717) is 73.9 Å². The third-order valence-corrected chi connectivity index (χ3v) is 9.17. The zero-order valence-electron chi connectivity index (χ0n) is 31.7. The van der Waals surface area contributed by atoms with Gasteiger partial charge in [-0.05, 0) is 62.9 Å². The second kappa shape index (κ2) is 24.7. The molecule has 0 saturated heterocycles. The maximum absolute atomic E-state index is 11.8. The molecule has 0 bridgehead atoms. The van der Waals surface area contributed by atoms with Crippen LogP contribution in [-0.4, -0.2) is 106 Å². The molecular weight excluding hydrogens is 660 g/mol. The molecule has 12 nitrogen and oxygen atoms in total. The number of aliphatic hydroxyl groups excluding tert-OH is 1. The number of ether oxygens (including phenoxy) is 2. The van der Waals surface area contributed by atoms with Crippen molar-refractivity contribution in [3.8, 4) is 17.6 Å². The second-order valence-electron chi connectivity index (χ2n) is 12.5. The lowest BCUT2D eigenvalue weighted by atomic mass is 9.90. The molecule has 1 fully saturated rings. The summed E-state index contributed by atoms with van der Waals surface area (Å²) in [5, 5.41) is 15.8. The molecule has 12 heteroatoms. The van der Waals surface area contributed by atoms with E-state index in [1.54, 1.807) is 39.4 Å². The molecule has 52 heavy (non-hydrogen) atoms. The Hall–Kier alpha value is -4.41. The van der Waals surface area contributed by atoms with Gasteiger partial charge in [0.1, 0.15) is 18.3 Å². The van der Waals surface area contributed by atoms with Gasteiger partial charge in [-0.2, -0.15) is 0 Å². The smallest absolute Gasteiger partial charge is 0.219 e. The number of amides is 1. The summed E-state index contributed by atoms with van der Waals surface area (Å²) in [5.74, 6) is 6.81. The van der Waals surface area contributed by atoms with Gasteiger partial charge >= 0.3 is 0 Å². The van der Waals surface area contributed by atoms with Gasteiger partial charge in [-0.3, -0.25) is 19.4 Å². The van der Waals surface area contributed by atoms with E-state index in [0.717, 1.165) is 61.5 Å². The summed E-state index contributed by atoms with van der Waals surface area (Å²) in [6.45, 7) is 6.74. The Bertz CT molecular complexity index is 1480. The average molecular weight is 721 g/mol. The lowest BCUT2D eigenvalue weighted by Gasteiger charge is -2.36. The van der Waals surface area contributed by atoms with E-state index in [1.165, 1.54) is 0 Å². The van der Waals surface area contributed by atoms with Gasteiger partial charge in [0.25, 0.3) is 0 Å². The highest BCUT2D eigenvalue weighted by molar-refractivity contribution is 5.79. The van der Waals surface area contributed by atoms with Crippen LogP contribution in [0.3, 0.4) is 0 Å². The third kappa shape index (κ3) is 14.3. The molecule has 1 aliphatic rings. The highest BCUT2D eigenvalue weighted by Crippen LogP contribution is 2.26. The van der Waals surface area contributed by atoms with Crippen LogP contribution in [0.4, 0.5) is 5.69 Å². The maximum Gasteiger partial charge on any atom is 0.219 e. The van der Waals surface area contributed by atoms with Crippen molar-refractivity contribution < 1.29 is 29.0 Å². The van der Waals surface area contributed by atoms with Crippen LogP contribution in [0.1, 0.15) is 85.8 Å². The average Bonchev–Trinajstić information content (AvgIpc) is 3.17. The Morgan fingerprint density at radius 2 is 1.87 bits per heavy atom. The number of nitrogens with zero attached hydrogens (tertiary/aromatic N) is 2. The Labute approximate surface area is 310 Å². The summed E-state index contributed by atoms with van der Waals surface area (Å²) in [5.41, 5.74) is 16.2. The van der Waals surface area contributed by atoms with E-state index in [9.17, 15) is 19.5 Å². The summed E-state index contributed by atoms with van der Waals surface area (Å²) < 4.78 is 11.2. The number of nitrogens with two attached hydrogens (primary N) is 2. The first-order chi connectivity index (χ1) is 25.2. The highest BCUT2D eigenvalue weighted by Gasteiger charge is 2.25. The molecule has 1 amide bonds. The Kier molecular flexibility index (Phi) is 20.8. The molecule has 0 heterocycles. The monoisotopic (exact) mass is 720 g/mol.